The Bertz CT molecular complexity index is 1320. The van der Waals surface area contributed by atoms with Crippen molar-refractivity contribution in [3.63, 3.8) is 0 Å². The maximum atomic E-state index is 15.0. The van der Waals surface area contributed by atoms with Gasteiger partial charge in [-0.25, -0.2) is 14.2 Å². The maximum Gasteiger partial charge on any atom is 0.410 e. The molecule has 0 bridgehead atoms. The van der Waals surface area contributed by atoms with E-state index in [9.17, 15) is 9.90 Å². The van der Waals surface area contributed by atoms with Gasteiger partial charge in [-0.3, -0.25) is 4.90 Å². The quantitative estimate of drug-likeness (QED) is 0.335. The van der Waals surface area contributed by atoms with Crippen molar-refractivity contribution in [3.8, 4) is 26.9 Å². The minimum absolute atomic E-state index is 0.107. The maximum absolute atomic E-state index is 15.0. The van der Waals surface area contributed by atoms with E-state index in [1.165, 1.54) is 28.4 Å². The average Bonchev–Trinajstić information content (AvgIpc) is 3.36. The van der Waals surface area contributed by atoms with Crippen molar-refractivity contribution in [1.82, 2.24) is 20.1 Å². The molecule has 1 amide bonds. The zero-order valence-corrected chi connectivity index (χ0v) is 23.1. The number of hydrogen-bond donors (Lipinski definition) is 2. The minimum atomic E-state index is -1.15. The van der Waals surface area contributed by atoms with E-state index >= 15 is 4.39 Å². The van der Waals surface area contributed by atoms with Crippen LogP contribution >= 0.6 is 34.5 Å². The highest BCUT2D eigenvalue weighted by atomic mass is 35.5. The Morgan fingerprint density at radius 1 is 1.27 bits per heavy atom. The van der Waals surface area contributed by atoms with Gasteiger partial charge in [0.2, 0.25) is 0 Å². The van der Waals surface area contributed by atoms with Gasteiger partial charge in [0.05, 0.1) is 22.2 Å². The van der Waals surface area contributed by atoms with Crippen molar-refractivity contribution >= 4 is 46.4 Å². The number of ether oxygens (including phenoxy) is 2. The van der Waals surface area contributed by atoms with E-state index < -0.39 is 29.8 Å². The number of amides is 1. The monoisotopic (exact) mass is 569 g/mol. The lowest BCUT2D eigenvalue weighted by Gasteiger charge is -2.30. The van der Waals surface area contributed by atoms with Crippen LogP contribution in [-0.4, -0.2) is 61.8 Å². The molecule has 1 fully saturated rings. The topological polar surface area (TPSA) is 110 Å². The number of hydrogen-bond acceptors (Lipinski definition) is 8. The highest BCUT2D eigenvalue weighted by Gasteiger charge is 2.48. The van der Waals surface area contributed by atoms with Gasteiger partial charge in [-0.2, -0.15) is 0 Å². The minimum Gasteiger partial charge on any atom is -0.488 e. The smallest absolute Gasteiger partial charge is 0.410 e. The summed E-state index contributed by atoms with van der Waals surface area (Å²) in [6.07, 6.45) is 0.0447. The molecule has 1 aromatic carbocycles. The largest absolute Gasteiger partial charge is 0.488 e. The van der Waals surface area contributed by atoms with Gasteiger partial charge in [-0.1, -0.05) is 34.5 Å². The molecule has 13 heteroatoms. The summed E-state index contributed by atoms with van der Waals surface area (Å²) in [6, 6.07) is 3.84. The van der Waals surface area contributed by atoms with Crippen molar-refractivity contribution in [2.45, 2.75) is 58.5 Å². The molecule has 3 aromatic rings. The highest BCUT2D eigenvalue weighted by Crippen LogP contribution is 2.38. The van der Waals surface area contributed by atoms with E-state index in [0.29, 0.717) is 32.0 Å². The summed E-state index contributed by atoms with van der Waals surface area (Å²) in [5, 5.41) is 22.7. The summed E-state index contributed by atoms with van der Waals surface area (Å²) in [6.45, 7) is 8.91. The molecule has 0 radical (unpaired) electrons. The first-order chi connectivity index (χ1) is 17.4. The molecular weight excluding hydrogens is 544 g/mol. The second kappa shape index (κ2) is 10.6. The zero-order valence-electron chi connectivity index (χ0n) is 20.8. The Hall–Kier alpha value is -2.73. The predicted octanol–water partition coefficient (Wildman–Crippen LogP) is 6.42. The van der Waals surface area contributed by atoms with Gasteiger partial charge in [-0.15, -0.1) is 10.2 Å². The molecule has 3 heterocycles. The highest BCUT2D eigenvalue weighted by molar-refractivity contribution is 7.18. The number of aromatic nitrogens is 3. The van der Waals surface area contributed by atoms with Crippen LogP contribution in [-0.2, 0) is 4.74 Å². The van der Waals surface area contributed by atoms with Crippen molar-refractivity contribution in [3.05, 3.63) is 40.3 Å². The number of carbonyl (C=O) groups is 1. The lowest BCUT2D eigenvalue weighted by atomic mass is 10.1. The van der Waals surface area contributed by atoms with Crippen LogP contribution in [0, 0.1) is 5.82 Å². The van der Waals surface area contributed by atoms with Crippen molar-refractivity contribution < 1.29 is 23.8 Å². The van der Waals surface area contributed by atoms with Crippen LogP contribution in [0.5, 0.6) is 5.75 Å². The lowest BCUT2D eigenvalue weighted by molar-refractivity contribution is -0.0621. The molecule has 2 N–H and O–H groups in total. The first kappa shape index (κ1) is 27.3. The standard InChI is InChI=1S/C24H26Cl2FN5O4S/c1-11(2)29-20-16(26)6-13(9-28-20)21-30-31-22(37-21)14-7-17(27)19(8-15(14)25)35-10-18-12(3)36-24(4,5)32(18)23(33)34/h6-9,11-12,18H,10H2,1-5H3,(H,28,29)(H,33,34). The third kappa shape index (κ3) is 5.74. The van der Waals surface area contributed by atoms with E-state index in [2.05, 4.69) is 20.5 Å². The number of anilines is 1. The van der Waals surface area contributed by atoms with Crippen LogP contribution in [0.25, 0.3) is 21.1 Å². The van der Waals surface area contributed by atoms with Gasteiger partial charge in [0.1, 0.15) is 28.2 Å². The molecule has 9 nitrogen and oxygen atoms in total. The second-order valence-electron chi connectivity index (χ2n) is 9.33. The van der Waals surface area contributed by atoms with Crippen LogP contribution in [0.2, 0.25) is 10.0 Å². The van der Waals surface area contributed by atoms with Gasteiger partial charge in [0, 0.05) is 29.4 Å². The molecule has 1 aliphatic rings. The first-order valence-electron chi connectivity index (χ1n) is 11.5. The zero-order chi connectivity index (χ0) is 27.1. The van der Waals surface area contributed by atoms with E-state index in [1.54, 1.807) is 33.0 Å². The molecule has 198 valence electrons. The van der Waals surface area contributed by atoms with E-state index in [-0.39, 0.29) is 23.4 Å². The summed E-state index contributed by atoms with van der Waals surface area (Å²) in [5.41, 5.74) is -0.0171. The number of rotatable bonds is 7. The normalized spacial score (nSPS) is 18.9. The summed E-state index contributed by atoms with van der Waals surface area (Å²) in [4.78, 5) is 17.3. The first-order valence-corrected chi connectivity index (χ1v) is 13.0. The molecule has 1 aliphatic heterocycles. The summed E-state index contributed by atoms with van der Waals surface area (Å²) >= 11 is 14.0. The second-order valence-corrected chi connectivity index (χ2v) is 11.1. The number of carboxylic acid groups (broad SMARTS) is 1. The van der Waals surface area contributed by atoms with Crippen LogP contribution < -0.4 is 10.1 Å². The molecule has 4 rings (SSSR count). The molecule has 1 saturated heterocycles. The van der Waals surface area contributed by atoms with Gasteiger partial charge < -0.3 is 19.9 Å². The van der Waals surface area contributed by atoms with Crippen molar-refractivity contribution in [2.75, 3.05) is 11.9 Å². The van der Waals surface area contributed by atoms with E-state index in [1.807, 2.05) is 13.8 Å². The number of halogens is 3. The Labute approximate surface area is 227 Å². The van der Waals surface area contributed by atoms with E-state index in [0.717, 1.165) is 0 Å². The molecule has 2 aromatic heterocycles. The van der Waals surface area contributed by atoms with Crippen molar-refractivity contribution in [1.29, 1.82) is 0 Å². The van der Waals surface area contributed by atoms with Crippen molar-refractivity contribution in [2.24, 2.45) is 0 Å². The SMILES string of the molecule is CC(C)Nc1ncc(-c2nnc(-c3cc(F)c(OCC4C(C)OC(C)(C)N4C(=O)O)cc3Cl)s2)cc1Cl. The Kier molecular flexibility index (Phi) is 7.80. The molecule has 2 atom stereocenters. The molecule has 0 spiro atoms. The molecule has 2 unspecified atom stereocenters. The molecule has 37 heavy (non-hydrogen) atoms. The van der Waals surface area contributed by atoms with Gasteiger partial charge in [-0.05, 0) is 46.8 Å². The van der Waals surface area contributed by atoms with Gasteiger partial charge in [0.15, 0.2) is 11.6 Å². The number of pyridine rings is 1. The third-order valence-corrected chi connectivity index (χ3v) is 7.34. The summed E-state index contributed by atoms with van der Waals surface area (Å²) in [5.74, 6) is -0.206. The fourth-order valence-electron chi connectivity index (χ4n) is 4.14. The fourth-order valence-corrected chi connectivity index (χ4v) is 5.52. The number of nitrogens with one attached hydrogen (secondary N) is 1. The average molecular weight is 570 g/mol. The predicted molar refractivity (Wildman–Crippen MR) is 141 cm³/mol. The molecular formula is C24H26Cl2FN5O4S. The third-order valence-electron chi connectivity index (χ3n) is 5.73. The number of benzene rings is 1. The Morgan fingerprint density at radius 3 is 2.62 bits per heavy atom. The van der Waals surface area contributed by atoms with Crippen LogP contribution in [0.3, 0.4) is 0 Å². The summed E-state index contributed by atoms with van der Waals surface area (Å²) in [7, 11) is 0. The molecule has 0 aliphatic carbocycles. The van der Waals surface area contributed by atoms with Crippen LogP contribution in [0.4, 0.5) is 15.0 Å². The van der Waals surface area contributed by atoms with Gasteiger partial charge in [0.25, 0.3) is 0 Å². The fraction of sp³-hybridized carbons (Fsp3) is 0.417. The van der Waals surface area contributed by atoms with Gasteiger partial charge >= 0.3 is 6.09 Å². The number of nitrogens with zero attached hydrogens (tertiary/aromatic N) is 4. The summed E-state index contributed by atoms with van der Waals surface area (Å²) < 4.78 is 26.4. The lowest BCUT2D eigenvalue weighted by Crippen LogP contribution is -2.49. The Morgan fingerprint density at radius 2 is 1.97 bits per heavy atom. The van der Waals surface area contributed by atoms with Crippen LogP contribution in [0.1, 0.15) is 34.6 Å². The Balaban J connectivity index is 1.52. The van der Waals surface area contributed by atoms with Crippen LogP contribution in [0.15, 0.2) is 24.4 Å². The van der Waals surface area contributed by atoms with E-state index in [4.69, 9.17) is 32.7 Å². The molecule has 0 saturated carbocycles.